The van der Waals surface area contributed by atoms with E-state index in [9.17, 15) is 4.79 Å². The Labute approximate surface area is 183 Å². The number of rotatable bonds is 8. The standard InChI is InChI=1S/C20H23N5O3S2/c1-27-16-6-4-15(5-7-16)24-8-10-25(11-9-24)19-22-23-20(30-19)29-14-18(26)21-13-17-3-2-12-28-17/h2-7,12H,8-11,13-14H2,1H3,(H,21,26). The molecule has 0 saturated carbocycles. The van der Waals surface area contributed by atoms with Crippen molar-refractivity contribution in [1.29, 1.82) is 0 Å². The van der Waals surface area contributed by atoms with Gasteiger partial charge in [0.1, 0.15) is 11.5 Å². The van der Waals surface area contributed by atoms with E-state index >= 15 is 0 Å². The molecular weight excluding hydrogens is 422 g/mol. The molecular formula is C20H23N5O3S2. The minimum absolute atomic E-state index is 0.0544. The number of thioether (sulfide) groups is 1. The average Bonchev–Trinajstić information content (AvgIpc) is 3.49. The molecule has 3 aromatic rings. The van der Waals surface area contributed by atoms with Crippen LogP contribution < -0.4 is 19.9 Å². The first-order valence-corrected chi connectivity index (χ1v) is 11.4. The van der Waals surface area contributed by atoms with Crippen LogP contribution in [0.15, 0.2) is 51.4 Å². The monoisotopic (exact) mass is 445 g/mol. The van der Waals surface area contributed by atoms with Gasteiger partial charge in [0, 0.05) is 31.9 Å². The number of aromatic nitrogens is 2. The molecule has 0 unspecified atom stereocenters. The lowest BCUT2D eigenvalue weighted by molar-refractivity contribution is -0.118. The summed E-state index contributed by atoms with van der Waals surface area (Å²) >= 11 is 2.94. The lowest BCUT2D eigenvalue weighted by Crippen LogP contribution is -2.46. The summed E-state index contributed by atoms with van der Waals surface area (Å²) in [6.07, 6.45) is 1.59. The Hall–Kier alpha value is -2.72. The summed E-state index contributed by atoms with van der Waals surface area (Å²) in [4.78, 5) is 16.6. The molecule has 1 fully saturated rings. The van der Waals surface area contributed by atoms with Crippen molar-refractivity contribution in [2.24, 2.45) is 0 Å². The summed E-state index contributed by atoms with van der Waals surface area (Å²) in [5, 5.41) is 12.3. The zero-order valence-electron chi connectivity index (χ0n) is 16.6. The predicted octanol–water partition coefficient (Wildman–Crippen LogP) is 2.87. The van der Waals surface area contributed by atoms with Gasteiger partial charge in [0.15, 0.2) is 4.34 Å². The van der Waals surface area contributed by atoms with E-state index < -0.39 is 0 Å². The van der Waals surface area contributed by atoms with Crippen LogP contribution in [0.25, 0.3) is 0 Å². The van der Waals surface area contributed by atoms with Crippen LogP contribution in [0.5, 0.6) is 5.75 Å². The number of furan rings is 1. The number of nitrogens with zero attached hydrogens (tertiary/aromatic N) is 4. The van der Waals surface area contributed by atoms with E-state index in [0.717, 1.165) is 47.2 Å². The quantitative estimate of drug-likeness (QED) is 0.530. The van der Waals surface area contributed by atoms with Gasteiger partial charge in [-0.3, -0.25) is 4.79 Å². The number of hydrogen-bond donors (Lipinski definition) is 1. The molecule has 30 heavy (non-hydrogen) atoms. The first-order chi connectivity index (χ1) is 14.7. The van der Waals surface area contributed by atoms with Gasteiger partial charge in [-0.15, -0.1) is 10.2 Å². The topological polar surface area (TPSA) is 83.7 Å². The SMILES string of the molecule is COc1ccc(N2CCN(c3nnc(SCC(=O)NCc4ccco4)s3)CC2)cc1. The van der Waals surface area contributed by atoms with Crippen molar-refractivity contribution in [1.82, 2.24) is 15.5 Å². The van der Waals surface area contributed by atoms with Crippen LogP contribution in [-0.4, -0.2) is 55.1 Å². The highest BCUT2D eigenvalue weighted by Crippen LogP contribution is 2.29. The molecule has 1 amide bonds. The van der Waals surface area contributed by atoms with Crippen LogP contribution in [0.2, 0.25) is 0 Å². The first kappa shape index (κ1) is 20.5. The molecule has 1 saturated heterocycles. The zero-order valence-corrected chi connectivity index (χ0v) is 18.2. The molecule has 4 rings (SSSR count). The highest BCUT2D eigenvalue weighted by Gasteiger charge is 2.21. The highest BCUT2D eigenvalue weighted by molar-refractivity contribution is 8.01. The summed E-state index contributed by atoms with van der Waals surface area (Å²) < 4.78 is 11.2. The Bertz CT molecular complexity index is 938. The van der Waals surface area contributed by atoms with Gasteiger partial charge in [-0.1, -0.05) is 23.1 Å². The molecule has 10 heteroatoms. The van der Waals surface area contributed by atoms with E-state index in [0.29, 0.717) is 12.3 Å². The molecule has 1 aliphatic rings. The second-order valence-corrected chi connectivity index (χ2v) is 8.85. The first-order valence-electron chi connectivity index (χ1n) is 9.60. The molecule has 0 atom stereocenters. The van der Waals surface area contributed by atoms with E-state index in [4.69, 9.17) is 9.15 Å². The van der Waals surface area contributed by atoms with E-state index in [1.54, 1.807) is 19.4 Å². The Morgan fingerprint density at radius 2 is 1.93 bits per heavy atom. The Morgan fingerprint density at radius 3 is 2.63 bits per heavy atom. The Balaban J connectivity index is 1.22. The fraction of sp³-hybridized carbons (Fsp3) is 0.350. The maximum absolute atomic E-state index is 12.0. The van der Waals surface area contributed by atoms with Gasteiger partial charge in [-0.2, -0.15) is 0 Å². The number of methoxy groups -OCH3 is 1. The van der Waals surface area contributed by atoms with Crippen molar-refractivity contribution >= 4 is 39.8 Å². The Morgan fingerprint density at radius 1 is 1.17 bits per heavy atom. The largest absolute Gasteiger partial charge is 0.497 e. The van der Waals surface area contributed by atoms with Crippen LogP contribution in [0, 0.1) is 0 Å². The molecule has 1 aliphatic heterocycles. The van der Waals surface area contributed by atoms with Crippen molar-refractivity contribution in [2.45, 2.75) is 10.9 Å². The second kappa shape index (κ2) is 9.86. The average molecular weight is 446 g/mol. The second-order valence-electron chi connectivity index (χ2n) is 6.67. The third kappa shape index (κ3) is 5.25. The summed E-state index contributed by atoms with van der Waals surface area (Å²) in [6.45, 7) is 4.00. The summed E-state index contributed by atoms with van der Waals surface area (Å²) in [5.41, 5.74) is 1.20. The van der Waals surface area contributed by atoms with Crippen molar-refractivity contribution in [3.63, 3.8) is 0 Å². The van der Waals surface area contributed by atoms with Crippen molar-refractivity contribution in [3.05, 3.63) is 48.4 Å². The normalized spacial score (nSPS) is 14.0. The number of benzene rings is 1. The van der Waals surface area contributed by atoms with Crippen LogP contribution in [0.4, 0.5) is 10.8 Å². The van der Waals surface area contributed by atoms with E-state index in [2.05, 4.69) is 37.4 Å². The van der Waals surface area contributed by atoms with Gasteiger partial charge < -0.3 is 24.3 Å². The number of carbonyl (C=O) groups is 1. The van der Waals surface area contributed by atoms with Gasteiger partial charge >= 0.3 is 0 Å². The fourth-order valence-electron chi connectivity index (χ4n) is 3.11. The van der Waals surface area contributed by atoms with Gasteiger partial charge in [0.25, 0.3) is 0 Å². The third-order valence-corrected chi connectivity index (χ3v) is 6.87. The lowest BCUT2D eigenvalue weighted by Gasteiger charge is -2.35. The van der Waals surface area contributed by atoms with Gasteiger partial charge in [0.05, 0.1) is 25.7 Å². The smallest absolute Gasteiger partial charge is 0.230 e. The van der Waals surface area contributed by atoms with Gasteiger partial charge in [-0.25, -0.2) is 0 Å². The number of piperazine rings is 1. The number of carbonyl (C=O) groups excluding carboxylic acids is 1. The molecule has 0 aliphatic carbocycles. The van der Waals surface area contributed by atoms with Gasteiger partial charge in [0.2, 0.25) is 11.0 Å². The fourth-order valence-corrected chi connectivity index (χ4v) is 4.84. The van der Waals surface area contributed by atoms with E-state index in [1.165, 1.54) is 28.8 Å². The maximum atomic E-state index is 12.0. The van der Waals surface area contributed by atoms with Crippen molar-refractivity contribution < 1.29 is 13.9 Å². The van der Waals surface area contributed by atoms with E-state index in [-0.39, 0.29) is 5.91 Å². The molecule has 1 N–H and O–H groups in total. The summed E-state index contributed by atoms with van der Waals surface area (Å²) in [5.74, 6) is 1.85. The molecule has 0 spiro atoms. The molecule has 0 radical (unpaired) electrons. The molecule has 8 nitrogen and oxygen atoms in total. The van der Waals surface area contributed by atoms with Crippen LogP contribution >= 0.6 is 23.1 Å². The predicted molar refractivity (Wildman–Crippen MR) is 119 cm³/mol. The van der Waals surface area contributed by atoms with Gasteiger partial charge in [-0.05, 0) is 36.4 Å². The summed E-state index contributed by atoms with van der Waals surface area (Å²) in [6, 6.07) is 11.8. The van der Waals surface area contributed by atoms with Crippen LogP contribution in [0.1, 0.15) is 5.76 Å². The maximum Gasteiger partial charge on any atom is 0.230 e. The highest BCUT2D eigenvalue weighted by atomic mass is 32.2. The number of hydrogen-bond acceptors (Lipinski definition) is 9. The van der Waals surface area contributed by atoms with Crippen LogP contribution in [-0.2, 0) is 11.3 Å². The summed E-state index contributed by atoms with van der Waals surface area (Å²) in [7, 11) is 1.68. The van der Waals surface area contributed by atoms with Crippen molar-refractivity contribution in [3.8, 4) is 5.75 Å². The molecule has 0 bridgehead atoms. The number of anilines is 2. The lowest BCUT2D eigenvalue weighted by atomic mass is 10.2. The molecule has 158 valence electrons. The van der Waals surface area contributed by atoms with Crippen LogP contribution in [0.3, 0.4) is 0 Å². The van der Waals surface area contributed by atoms with Crippen molar-refractivity contribution in [2.75, 3.05) is 48.8 Å². The molecule has 3 heterocycles. The number of nitrogens with one attached hydrogen (secondary N) is 1. The molecule has 2 aromatic heterocycles. The molecule has 1 aromatic carbocycles. The minimum atomic E-state index is -0.0544. The van der Waals surface area contributed by atoms with E-state index in [1.807, 2.05) is 18.2 Å². The zero-order chi connectivity index (χ0) is 20.8. The Kier molecular flexibility index (Phi) is 6.75. The number of amides is 1. The number of ether oxygens (including phenoxy) is 1. The minimum Gasteiger partial charge on any atom is -0.497 e. The third-order valence-electron chi connectivity index (χ3n) is 4.75.